The molecule has 2 atom stereocenters. The van der Waals surface area contributed by atoms with Crippen LogP contribution < -0.4 is 4.74 Å². The highest BCUT2D eigenvalue weighted by Crippen LogP contribution is 2.59. The predicted molar refractivity (Wildman–Crippen MR) is 73.2 cm³/mol. The van der Waals surface area contributed by atoms with Crippen LogP contribution in [0.2, 0.25) is 0 Å². The predicted octanol–water partition coefficient (Wildman–Crippen LogP) is 3.75. The number of rotatable bonds is 5. The summed E-state index contributed by atoms with van der Waals surface area (Å²) in [6, 6.07) is 1.72. The third-order valence-electron chi connectivity index (χ3n) is 4.50. The molecule has 102 valence electrons. The smallest absolute Gasteiger partial charge is 0.153 e. The van der Waals surface area contributed by atoms with E-state index in [0.717, 1.165) is 43.3 Å². The van der Waals surface area contributed by atoms with Crippen LogP contribution in [0.1, 0.15) is 72.3 Å². The minimum Gasteiger partial charge on any atom is -0.507 e. The molecule has 1 aromatic rings. The lowest BCUT2D eigenvalue weighted by Crippen LogP contribution is -2.06. The first-order chi connectivity index (χ1) is 9.26. The number of phenolic OH excluding ortho intramolecular Hbond substituents is 1. The summed E-state index contributed by atoms with van der Waals surface area (Å²) < 4.78 is 5.87. The first kappa shape index (κ1) is 12.5. The molecule has 2 aliphatic carbocycles. The molecule has 0 spiro atoms. The van der Waals surface area contributed by atoms with Crippen LogP contribution in [0, 0.1) is 0 Å². The Bertz CT molecular complexity index is 507. The molecule has 3 nitrogen and oxygen atoms in total. The Labute approximate surface area is 113 Å². The lowest BCUT2D eigenvalue weighted by molar-refractivity contribution is 0.112. The standard InChI is InChI=1S/C16H20O3/c1-2-3-6-19-13-8-12(9-17)16(18)15-11-5-4-10(7-11)14(13)15/h8-11,18H,2-7H2,1H3. The van der Waals surface area contributed by atoms with Gasteiger partial charge in [-0.25, -0.2) is 0 Å². The van der Waals surface area contributed by atoms with Gasteiger partial charge in [-0.15, -0.1) is 0 Å². The molecule has 1 aromatic carbocycles. The lowest BCUT2D eigenvalue weighted by atomic mass is 9.88. The summed E-state index contributed by atoms with van der Waals surface area (Å²) >= 11 is 0. The van der Waals surface area contributed by atoms with Gasteiger partial charge in [-0.05, 0) is 43.6 Å². The molecule has 0 saturated heterocycles. The minimum absolute atomic E-state index is 0.194. The molecule has 0 aromatic heterocycles. The number of fused-ring (bicyclic) bond motifs is 5. The Morgan fingerprint density at radius 1 is 1.37 bits per heavy atom. The number of hydrogen-bond donors (Lipinski definition) is 1. The summed E-state index contributed by atoms with van der Waals surface area (Å²) in [5, 5.41) is 10.2. The molecule has 3 rings (SSSR count). The zero-order valence-electron chi connectivity index (χ0n) is 11.3. The van der Waals surface area contributed by atoms with Crippen molar-refractivity contribution < 1.29 is 14.6 Å². The monoisotopic (exact) mass is 260 g/mol. The zero-order valence-corrected chi connectivity index (χ0v) is 11.3. The Balaban J connectivity index is 2.02. The highest BCUT2D eigenvalue weighted by atomic mass is 16.5. The summed E-state index contributed by atoms with van der Waals surface area (Å²) in [7, 11) is 0. The van der Waals surface area contributed by atoms with Gasteiger partial charge in [0.15, 0.2) is 6.29 Å². The van der Waals surface area contributed by atoms with Crippen LogP contribution in [0.3, 0.4) is 0 Å². The maximum atomic E-state index is 11.1. The van der Waals surface area contributed by atoms with Crippen molar-refractivity contribution in [2.75, 3.05) is 6.61 Å². The van der Waals surface area contributed by atoms with Gasteiger partial charge in [0.2, 0.25) is 0 Å². The lowest BCUT2D eigenvalue weighted by Gasteiger charge is -2.21. The fourth-order valence-electron chi connectivity index (χ4n) is 3.58. The first-order valence-electron chi connectivity index (χ1n) is 7.24. The first-order valence-corrected chi connectivity index (χ1v) is 7.24. The molecule has 0 heterocycles. The SMILES string of the molecule is CCCCOc1cc(C=O)c(O)c2c1C1CCC2C1. The third kappa shape index (κ3) is 1.92. The maximum absolute atomic E-state index is 11.1. The molecule has 2 bridgehead atoms. The highest BCUT2D eigenvalue weighted by molar-refractivity contribution is 5.83. The normalized spacial score (nSPS) is 23.4. The Hall–Kier alpha value is -1.51. The average Bonchev–Trinajstić information content (AvgIpc) is 3.02. The number of hydrogen-bond acceptors (Lipinski definition) is 3. The second-order valence-electron chi connectivity index (χ2n) is 5.67. The van der Waals surface area contributed by atoms with Gasteiger partial charge in [-0.1, -0.05) is 13.3 Å². The molecular weight excluding hydrogens is 240 g/mol. The van der Waals surface area contributed by atoms with Crippen LogP contribution in [0.5, 0.6) is 11.5 Å². The van der Waals surface area contributed by atoms with Gasteiger partial charge in [0, 0.05) is 11.1 Å². The van der Waals surface area contributed by atoms with Gasteiger partial charge in [0.05, 0.1) is 12.2 Å². The number of carbonyl (C=O) groups is 1. The van der Waals surface area contributed by atoms with Crippen LogP contribution in [0.4, 0.5) is 0 Å². The van der Waals surface area contributed by atoms with Crippen molar-refractivity contribution in [2.45, 2.75) is 50.9 Å². The van der Waals surface area contributed by atoms with Gasteiger partial charge in [0.25, 0.3) is 0 Å². The average molecular weight is 260 g/mol. The summed E-state index contributed by atoms with van der Waals surface area (Å²) in [4.78, 5) is 11.1. The third-order valence-corrected chi connectivity index (χ3v) is 4.50. The number of aldehydes is 1. The van der Waals surface area contributed by atoms with Crippen LogP contribution in [0.25, 0.3) is 0 Å². The minimum atomic E-state index is 0.194. The number of benzene rings is 1. The van der Waals surface area contributed by atoms with E-state index in [1.54, 1.807) is 6.07 Å². The Kier molecular flexibility index (Phi) is 3.21. The molecule has 1 N–H and O–H groups in total. The van der Waals surface area contributed by atoms with Crippen LogP contribution in [0.15, 0.2) is 6.07 Å². The molecule has 2 unspecified atom stereocenters. The van der Waals surface area contributed by atoms with Crippen molar-refractivity contribution in [3.63, 3.8) is 0 Å². The van der Waals surface area contributed by atoms with E-state index in [-0.39, 0.29) is 5.75 Å². The van der Waals surface area contributed by atoms with Crippen molar-refractivity contribution in [2.24, 2.45) is 0 Å². The van der Waals surface area contributed by atoms with Gasteiger partial charge < -0.3 is 9.84 Å². The molecular formula is C16H20O3. The molecule has 0 amide bonds. The Morgan fingerprint density at radius 2 is 2.11 bits per heavy atom. The topological polar surface area (TPSA) is 46.5 Å². The van der Waals surface area contributed by atoms with E-state index in [0.29, 0.717) is 24.0 Å². The molecule has 0 aliphatic heterocycles. The van der Waals surface area contributed by atoms with Crippen molar-refractivity contribution >= 4 is 6.29 Å². The quantitative estimate of drug-likeness (QED) is 0.648. The molecule has 0 radical (unpaired) electrons. The number of unbranched alkanes of at least 4 members (excludes halogenated alkanes) is 1. The molecule has 2 aliphatic rings. The molecule has 19 heavy (non-hydrogen) atoms. The van der Waals surface area contributed by atoms with Gasteiger partial charge in [-0.2, -0.15) is 0 Å². The van der Waals surface area contributed by atoms with Crippen molar-refractivity contribution in [1.29, 1.82) is 0 Å². The number of aromatic hydroxyl groups is 1. The second kappa shape index (κ2) is 4.87. The van der Waals surface area contributed by atoms with E-state index in [1.165, 1.54) is 12.0 Å². The van der Waals surface area contributed by atoms with Gasteiger partial charge >= 0.3 is 0 Å². The van der Waals surface area contributed by atoms with E-state index in [9.17, 15) is 9.90 Å². The molecule has 3 heteroatoms. The van der Waals surface area contributed by atoms with Crippen LogP contribution >= 0.6 is 0 Å². The Morgan fingerprint density at radius 3 is 2.79 bits per heavy atom. The van der Waals surface area contributed by atoms with Crippen LogP contribution in [-0.4, -0.2) is 18.0 Å². The van der Waals surface area contributed by atoms with Crippen LogP contribution in [-0.2, 0) is 0 Å². The van der Waals surface area contributed by atoms with Crippen molar-refractivity contribution in [3.8, 4) is 11.5 Å². The van der Waals surface area contributed by atoms with Gasteiger partial charge in [-0.3, -0.25) is 4.79 Å². The largest absolute Gasteiger partial charge is 0.507 e. The molecule has 1 fully saturated rings. The highest BCUT2D eigenvalue weighted by Gasteiger charge is 2.41. The van der Waals surface area contributed by atoms with Crippen molar-refractivity contribution in [3.05, 3.63) is 22.8 Å². The van der Waals surface area contributed by atoms with Gasteiger partial charge in [0.1, 0.15) is 11.5 Å². The summed E-state index contributed by atoms with van der Waals surface area (Å²) in [5.41, 5.74) is 2.54. The summed E-state index contributed by atoms with van der Waals surface area (Å²) in [6.07, 6.45) is 6.25. The number of carbonyl (C=O) groups excluding carboxylic acids is 1. The van der Waals surface area contributed by atoms with E-state index in [4.69, 9.17) is 4.74 Å². The van der Waals surface area contributed by atoms with Crippen molar-refractivity contribution in [1.82, 2.24) is 0 Å². The second-order valence-corrected chi connectivity index (χ2v) is 5.67. The van der Waals surface area contributed by atoms with E-state index < -0.39 is 0 Å². The summed E-state index contributed by atoms with van der Waals surface area (Å²) in [5.74, 6) is 1.97. The maximum Gasteiger partial charge on any atom is 0.153 e. The van der Waals surface area contributed by atoms with E-state index in [1.807, 2.05) is 0 Å². The zero-order chi connectivity index (χ0) is 13.4. The summed E-state index contributed by atoms with van der Waals surface area (Å²) in [6.45, 7) is 2.81. The molecule has 1 saturated carbocycles. The number of ether oxygens (including phenoxy) is 1. The fraction of sp³-hybridized carbons (Fsp3) is 0.562. The number of phenols is 1. The van der Waals surface area contributed by atoms with E-state index >= 15 is 0 Å². The fourth-order valence-corrected chi connectivity index (χ4v) is 3.58. The van der Waals surface area contributed by atoms with E-state index in [2.05, 4.69) is 6.92 Å².